The Hall–Kier alpha value is -0.490. The normalized spacial score (nSPS) is 11.6. The highest BCUT2D eigenvalue weighted by Gasteiger charge is 2.18. The molecule has 0 atom stereocenters. The lowest BCUT2D eigenvalue weighted by molar-refractivity contribution is 0.581. The van der Waals surface area contributed by atoms with Gasteiger partial charge in [0.05, 0.1) is 5.02 Å². The predicted molar refractivity (Wildman–Crippen MR) is 86.9 cm³/mol. The van der Waals surface area contributed by atoms with Gasteiger partial charge in [-0.25, -0.2) is 13.1 Å². The Labute approximate surface area is 142 Å². The Morgan fingerprint density at radius 3 is 2.14 bits per heavy atom. The van der Waals surface area contributed by atoms with Gasteiger partial charge in [-0.2, -0.15) is 0 Å². The summed E-state index contributed by atoms with van der Waals surface area (Å²) in [4.78, 5) is -0.0817. The minimum Gasteiger partial charge on any atom is -0.207 e. The predicted octanol–water partition coefficient (Wildman–Crippen LogP) is 4.78. The van der Waals surface area contributed by atoms with Crippen molar-refractivity contribution in [3.63, 3.8) is 0 Å². The lowest BCUT2D eigenvalue weighted by Gasteiger charge is -2.10. The van der Waals surface area contributed by atoms with E-state index < -0.39 is 10.0 Å². The Morgan fingerprint density at radius 1 is 0.857 bits per heavy atom. The van der Waals surface area contributed by atoms with Crippen molar-refractivity contribution >= 4 is 56.4 Å². The van der Waals surface area contributed by atoms with Crippen LogP contribution in [0.4, 0.5) is 0 Å². The third kappa shape index (κ3) is 4.25. The summed E-state index contributed by atoms with van der Waals surface area (Å²) in [6, 6.07) is 9.04. The molecule has 21 heavy (non-hydrogen) atoms. The first-order valence-electron chi connectivity index (χ1n) is 5.68. The van der Waals surface area contributed by atoms with Crippen molar-refractivity contribution in [3.05, 3.63) is 62.1 Å². The van der Waals surface area contributed by atoms with Crippen molar-refractivity contribution < 1.29 is 8.42 Å². The first-order valence-corrected chi connectivity index (χ1v) is 8.68. The number of rotatable bonds is 4. The van der Waals surface area contributed by atoms with Crippen LogP contribution in [-0.2, 0) is 16.6 Å². The second-order valence-electron chi connectivity index (χ2n) is 4.14. The summed E-state index contributed by atoms with van der Waals surface area (Å²) >= 11 is 23.5. The van der Waals surface area contributed by atoms with Gasteiger partial charge in [0.1, 0.15) is 4.90 Å². The fourth-order valence-corrected chi connectivity index (χ4v) is 3.84. The maximum atomic E-state index is 12.2. The summed E-state index contributed by atoms with van der Waals surface area (Å²) in [5, 5.41) is 1.23. The lowest BCUT2D eigenvalue weighted by Crippen LogP contribution is -2.23. The topological polar surface area (TPSA) is 46.2 Å². The molecule has 0 heterocycles. The molecule has 3 nitrogen and oxygen atoms in total. The van der Waals surface area contributed by atoms with E-state index >= 15 is 0 Å². The largest absolute Gasteiger partial charge is 0.242 e. The zero-order chi connectivity index (χ0) is 15.6. The zero-order valence-corrected chi connectivity index (χ0v) is 14.2. The van der Waals surface area contributed by atoms with E-state index in [1.54, 1.807) is 18.2 Å². The molecule has 0 aliphatic carbocycles. The van der Waals surface area contributed by atoms with E-state index in [0.29, 0.717) is 15.6 Å². The van der Waals surface area contributed by atoms with Crippen LogP contribution in [0.15, 0.2) is 41.3 Å². The van der Waals surface area contributed by atoms with E-state index in [-0.39, 0.29) is 21.5 Å². The molecule has 8 heteroatoms. The van der Waals surface area contributed by atoms with Gasteiger partial charge in [0.2, 0.25) is 10.0 Å². The first kappa shape index (κ1) is 16.9. The van der Waals surface area contributed by atoms with E-state index in [4.69, 9.17) is 46.4 Å². The van der Waals surface area contributed by atoms with Gasteiger partial charge >= 0.3 is 0 Å². The van der Waals surface area contributed by atoms with Crippen LogP contribution in [-0.4, -0.2) is 8.42 Å². The molecule has 112 valence electrons. The Kier molecular flexibility index (Phi) is 5.41. The van der Waals surface area contributed by atoms with Crippen molar-refractivity contribution in [2.45, 2.75) is 11.4 Å². The molecule has 0 saturated carbocycles. The molecule has 2 rings (SSSR count). The van der Waals surface area contributed by atoms with E-state index in [9.17, 15) is 8.42 Å². The van der Waals surface area contributed by atoms with Crippen LogP contribution < -0.4 is 4.72 Å². The number of sulfonamides is 1. The zero-order valence-electron chi connectivity index (χ0n) is 10.4. The molecule has 2 aromatic rings. The van der Waals surface area contributed by atoms with Gasteiger partial charge in [-0.05, 0) is 35.9 Å². The van der Waals surface area contributed by atoms with Crippen LogP contribution in [0.1, 0.15) is 5.56 Å². The van der Waals surface area contributed by atoms with Crippen LogP contribution in [0.25, 0.3) is 0 Å². The fourth-order valence-electron chi connectivity index (χ4n) is 1.60. The third-order valence-electron chi connectivity index (χ3n) is 2.65. The second kappa shape index (κ2) is 6.73. The molecule has 0 saturated heterocycles. The van der Waals surface area contributed by atoms with E-state index in [1.807, 2.05) is 0 Å². The minimum atomic E-state index is -3.80. The van der Waals surface area contributed by atoms with Crippen LogP contribution in [0.2, 0.25) is 20.1 Å². The van der Waals surface area contributed by atoms with Crippen LogP contribution >= 0.6 is 46.4 Å². The highest BCUT2D eigenvalue weighted by atomic mass is 35.5. The molecular formula is C13H9Cl4NO2S. The first-order chi connectivity index (χ1) is 9.79. The average Bonchev–Trinajstić information content (AvgIpc) is 2.40. The molecule has 1 N–H and O–H groups in total. The van der Waals surface area contributed by atoms with Crippen LogP contribution in [0.3, 0.4) is 0 Å². The standard InChI is InChI=1S/C13H9Cl4NO2S/c14-9-2-1-8(12(17)5-9)7-18-21(19,20)13-6-10(15)3-4-11(13)16/h1-6,18H,7H2. The van der Waals surface area contributed by atoms with E-state index in [1.165, 1.54) is 18.2 Å². The average molecular weight is 385 g/mol. The second-order valence-corrected chi connectivity index (χ2v) is 7.56. The Morgan fingerprint density at radius 2 is 1.48 bits per heavy atom. The molecule has 0 aliphatic rings. The van der Waals surface area contributed by atoms with E-state index in [2.05, 4.69) is 4.72 Å². The Balaban J connectivity index is 2.24. The third-order valence-corrected chi connectivity index (χ3v) is 5.36. The highest BCUT2D eigenvalue weighted by Crippen LogP contribution is 2.26. The molecule has 2 aromatic carbocycles. The summed E-state index contributed by atoms with van der Waals surface area (Å²) in [7, 11) is -3.80. The molecule has 0 radical (unpaired) electrons. The van der Waals surface area contributed by atoms with Crippen LogP contribution in [0, 0.1) is 0 Å². The van der Waals surface area contributed by atoms with Crippen molar-refractivity contribution in [1.82, 2.24) is 4.72 Å². The number of benzene rings is 2. The highest BCUT2D eigenvalue weighted by molar-refractivity contribution is 7.89. The molecule has 0 aromatic heterocycles. The number of hydrogen-bond acceptors (Lipinski definition) is 2. The smallest absolute Gasteiger partial charge is 0.207 e. The minimum absolute atomic E-state index is 0.0151. The van der Waals surface area contributed by atoms with E-state index in [0.717, 1.165) is 0 Å². The van der Waals surface area contributed by atoms with Gasteiger partial charge in [0.25, 0.3) is 0 Å². The Bertz CT molecular complexity index is 778. The summed E-state index contributed by atoms with van der Waals surface area (Å²) in [5.41, 5.74) is 0.600. The van der Waals surface area contributed by atoms with Gasteiger partial charge in [0, 0.05) is 21.6 Å². The van der Waals surface area contributed by atoms with Gasteiger partial charge in [-0.1, -0.05) is 52.5 Å². The SMILES string of the molecule is O=S(=O)(NCc1ccc(Cl)cc1Cl)c1cc(Cl)ccc1Cl. The number of hydrogen-bond donors (Lipinski definition) is 1. The summed E-state index contributed by atoms with van der Waals surface area (Å²) in [6.45, 7) is 0.0151. The monoisotopic (exact) mass is 383 g/mol. The van der Waals surface area contributed by atoms with Gasteiger partial charge in [-0.3, -0.25) is 0 Å². The fraction of sp³-hybridized carbons (Fsp3) is 0.0769. The number of halogens is 4. The van der Waals surface area contributed by atoms with Crippen molar-refractivity contribution in [1.29, 1.82) is 0 Å². The van der Waals surface area contributed by atoms with Gasteiger partial charge in [0.15, 0.2) is 0 Å². The molecule has 0 unspecified atom stereocenters. The maximum absolute atomic E-state index is 12.2. The summed E-state index contributed by atoms with van der Waals surface area (Å²) < 4.78 is 26.9. The number of nitrogens with one attached hydrogen (secondary N) is 1. The quantitative estimate of drug-likeness (QED) is 0.824. The van der Waals surface area contributed by atoms with Gasteiger partial charge in [-0.15, -0.1) is 0 Å². The molecule has 0 spiro atoms. The summed E-state index contributed by atoms with van der Waals surface area (Å²) in [5.74, 6) is 0. The maximum Gasteiger partial charge on any atom is 0.242 e. The van der Waals surface area contributed by atoms with Crippen molar-refractivity contribution in [2.75, 3.05) is 0 Å². The van der Waals surface area contributed by atoms with Crippen molar-refractivity contribution in [2.24, 2.45) is 0 Å². The summed E-state index contributed by atoms with van der Waals surface area (Å²) in [6.07, 6.45) is 0. The molecular weight excluding hydrogens is 376 g/mol. The van der Waals surface area contributed by atoms with Crippen molar-refractivity contribution in [3.8, 4) is 0 Å². The van der Waals surface area contributed by atoms with Crippen LogP contribution in [0.5, 0.6) is 0 Å². The molecule has 0 amide bonds. The van der Waals surface area contributed by atoms with Gasteiger partial charge < -0.3 is 0 Å². The molecule has 0 bridgehead atoms. The molecule has 0 aliphatic heterocycles. The molecule has 0 fully saturated rings. The lowest BCUT2D eigenvalue weighted by atomic mass is 10.2.